The number of rotatable bonds is 10. The lowest BCUT2D eigenvalue weighted by Gasteiger charge is -2.13. The molecule has 0 saturated carbocycles. The molecule has 0 bridgehead atoms. The van der Waals surface area contributed by atoms with E-state index in [0.717, 1.165) is 56.2 Å². The van der Waals surface area contributed by atoms with E-state index in [4.69, 9.17) is 14.2 Å². The van der Waals surface area contributed by atoms with Crippen molar-refractivity contribution in [3.8, 4) is 11.5 Å². The minimum atomic E-state index is 0.717. The van der Waals surface area contributed by atoms with Crippen LogP contribution in [0.15, 0.2) is 18.2 Å². The third kappa shape index (κ3) is 5.94. The van der Waals surface area contributed by atoms with Gasteiger partial charge in [-0.1, -0.05) is 6.92 Å². The Kier molecular flexibility index (Phi) is 8.02. The molecule has 0 atom stereocenters. The molecular formula is C15H25NO3. The quantitative estimate of drug-likeness (QED) is 0.661. The molecule has 0 aromatic heterocycles. The summed E-state index contributed by atoms with van der Waals surface area (Å²) in [6.45, 7) is 5.32. The molecular weight excluding hydrogens is 242 g/mol. The van der Waals surface area contributed by atoms with Crippen LogP contribution >= 0.6 is 0 Å². The largest absolute Gasteiger partial charge is 0.497 e. The van der Waals surface area contributed by atoms with Gasteiger partial charge in [0.25, 0.3) is 0 Å². The first-order valence-electron chi connectivity index (χ1n) is 6.81. The summed E-state index contributed by atoms with van der Waals surface area (Å²) in [5.74, 6) is 1.79. The van der Waals surface area contributed by atoms with Crippen LogP contribution in [0.4, 0.5) is 0 Å². The van der Waals surface area contributed by atoms with Gasteiger partial charge in [0.1, 0.15) is 11.5 Å². The molecule has 0 aliphatic heterocycles. The van der Waals surface area contributed by atoms with Gasteiger partial charge in [0.05, 0.1) is 13.7 Å². The Morgan fingerprint density at radius 1 is 1.11 bits per heavy atom. The second kappa shape index (κ2) is 9.64. The van der Waals surface area contributed by atoms with Crippen LogP contribution in [0, 0.1) is 0 Å². The minimum Gasteiger partial charge on any atom is -0.497 e. The number of nitrogens with one attached hydrogen (secondary N) is 1. The fourth-order valence-corrected chi connectivity index (χ4v) is 1.75. The normalized spacial score (nSPS) is 10.5. The molecule has 0 spiro atoms. The second-order valence-electron chi connectivity index (χ2n) is 4.30. The summed E-state index contributed by atoms with van der Waals surface area (Å²) in [7, 11) is 3.40. The lowest BCUT2D eigenvalue weighted by molar-refractivity contribution is 0.184. The van der Waals surface area contributed by atoms with Crippen molar-refractivity contribution >= 4 is 0 Å². The van der Waals surface area contributed by atoms with E-state index < -0.39 is 0 Å². The zero-order chi connectivity index (χ0) is 13.9. The minimum absolute atomic E-state index is 0.717. The van der Waals surface area contributed by atoms with Crippen LogP contribution in [0.2, 0.25) is 0 Å². The molecule has 4 heteroatoms. The molecule has 0 fully saturated rings. The van der Waals surface area contributed by atoms with Gasteiger partial charge in [-0.2, -0.15) is 0 Å². The van der Waals surface area contributed by atoms with E-state index >= 15 is 0 Å². The molecule has 0 aliphatic carbocycles. The smallest absolute Gasteiger partial charge is 0.124 e. The summed E-state index contributed by atoms with van der Waals surface area (Å²) in [5.41, 5.74) is 1.13. The highest BCUT2D eigenvalue weighted by Gasteiger charge is 2.05. The van der Waals surface area contributed by atoms with Crippen molar-refractivity contribution in [2.75, 3.05) is 34.0 Å². The summed E-state index contributed by atoms with van der Waals surface area (Å²) in [6.07, 6.45) is 2.02. The van der Waals surface area contributed by atoms with Gasteiger partial charge >= 0.3 is 0 Å². The van der Waals surface area contributed by atoms with Crippen LogP contribution in [0.5, 0.6) is 11.5 Å². The van der Waals surface area contributed by atoms with Crippen LogP contribution in [0.25, 0.3) is 0 Å². The van der Waals surface area contributed by atoms with Gasteiger partial charge in [-0.05, 0) is 37.6 Å². The average Bonchev–Trinajstić information content (AvgIpc) is 2.45. The number of methoxy groups -OCH3 is 2. The monoisotopic (exact) mass is 267 g/mol. The molecule has 4 nitrogen and oxygen atoms in total. The standard InChI is InChI=1S/C15H25NO3/c1-4-16-12-13-11-14(18-3)7-8-15(13)19-10-6-5-9-17-2/h7-8,11,16H,4-6,9-10,12H2,1-3H3. The Morgan fingerprint density at radius 3 is 2.58 bits per heavy atom. The van der Waals surface area contributed by atoms with Gasteiger partial charge in [-0.25, -0.2) is 0 Å². The van der Waals surface area contributed by atoms with Crippen LogP contribution in [-0.2, 0) is 11.3 Å². The van der Waals surface area contributed by atoms with Crippen molar-refractivity contribution in [2.45, 2.75) is 26.3 Å². The van der Waals surface area contributed by atoms with Crippen molar-refractivity contribution in [3.63, 3.8) is 0 Å². The Labute approximate surface area is 116 Å². The topological polar surface area (TPSA) is 39.7 Å². The molecule has 0 saturated heterocycles. The molecule has 1 N–H and O–H groups in total. The van der Waals surface area contributed by atoms with Crippen LogP contribution in [-0.4, -0.2) is 34.0 Å². The number of hydrogen-bond donors (Lipinski definition) is 1. The highest BCUT2D eigenvalue weighted by molar-refractivity contribution is 5.40. The first kappa shape index (κ1) is 15.8. The van der Waals surface area contributed by atoms with E-state index in [-0.39, 0.29) is 0 Å². The number of hydrogen-bond acceptors (Lipinski definition) is 4. The average molecular weight is 267 g/mol. The van der Waals surface area contributed by atoms with E-state index in [1.807, 2.05) is 18.2 Å². The molecule has 108 valence electrons. The summed E-state index contributed by atoms with van der Waals surface area (Å²) in [5, 5.41) is 3.31. The predicted octanol–water partition coefficient (Wildman–Crippen LogP) is 2.61. The fourth-order valence-electron chi connectivity index (χ4n) is 1.75. The van der Waals surface area contributed by atoms with E-state index in [2.05, 4.69) is 12.2 Å². The second-order valence-corrected chi connectivity index (χ2v) is 4.30. The third-order valence-corrected chi connectivity index (χ3v) is 2.83. The SMILES string of the molecule is CCNCc1cc(OC)ccc1OCCCCOC. The van der Waals surface area contributed by atoms with Gasteiger partial charge in [0, 0.05) is 25.8 Å². The maximum absolute atomic E-state index is 5.83. The highest BCUT2D eigenvalue weighted by Crippen LogP contribution is 2.24. The summed E-state index contributed by atoms with van der Waals surface area (Å²) in [4.78, 5) is 0. The zero-order valence-corrected chi connectivity index (χ0v) is 12.2. The first-order valence-corrected chi connectivity index (χ1v) is 6.81. The highest BCUT2D eigenvalue weighted by atomic mass is 16.5. The fraction of sp³-hybridized carbons (Fsp3) is 0.600. The van der Waals surface area contributed by atoms with Crippen LogP contribution in [0.1, 0.15) is 25.3 Å². The lowest BCUT2D eigenvalue weighted by Crippen LogP contribution is -2.13. The number of unbranched alkanes of at least 4 members (excludes halogenated alkanes) is 1. The lowest BCUT2D eigenvalue weighted by atomic mass is 10.2. The molecule has 19 heavy (non-hydrogen) atoms. The van der Waals surface area contributed by atoms with Crippen LogP contribution in [0.3, 0.4) is 0 Å². The molecule has 0 heterocycles. The predicted molar refractivity (Wildman–Crippen MR) is 77.0 cm³/mol. The maximum Gasteiger partial charge on any atom is 0.124 e. The molecule has 0 radical (unpaired) electrons. The Hall–Kier alpha value is -1.26. The van der Waals surface area contributed by atoms with Gasteiger partial charge in [-0.3, -0.25) is 0 Å². The van der Waals surface area contributed by atoms with Crippen molar-refractivity contribution in [1.29, 1.82) is 0 Å². The Morgan fingerprint density at radius 2 is 1.89 bits per heavy atom. The van der Waals surface area contributed by atoms with Gasteiger partial charge < -0.3 is 19.5 Å². The van der Waals surface area contributed by atoms with Crippen LogP contribution < -0.4 is 14.8 Å². The molecule has 1 rings (SSSR count). The van der Waals surface area contributed by atoms with E-state index in [1.165, 1.54) is 0 Å². The summed E-state index contributed by atoms with van der Waals surface area (Å²) in [6, 6.07) is 5.93. The number of benzene rings is 1. The first-order chi connectivity index (χ1) is 9.31. The summed E-state index contributed by atoms with van der Waals surface area (Å²) < 4.78 is 16.1. The molecule has 1 aromatic rings. The zero-order valence-electron chi connectivity index (χ0n) is 12.2. The number of ether oxygens (including phenoxy) is 3. The molecule has 0 amide bonds. The maximum atomic E-state index is 5.83. The van der Waals surface area contributed by atoms with Crippen molar-refractivity contribution in [1.82, 2.24) is 5.32 Å². The van der Waals surface area contributed by atoms with Gasteiger partial charge in [0.15, 0.2) is 0 Å². The Bertz CT molecular complexity index is 355. The van der Waals surface area contributed by atoms with Gasteiger partial charge in [0.2, 0.25) is 0 Å². The van der Waals surface area contributed by atoms with E-state index in [0.29, 0.717) is 0 Å². The van der Waals surface area contributed by atoms with E-state index in [9.17, 15) is 0 Å². The van der Waals surface area contributed by atoms with Crippen molar-refractivity contribution in [2.24, 2.45) is 0 Å². The molecule has 0 aliphatic rings. The van der Waals surface area contributed by atoms with E-state index in [1.54, 1.807) is 14.2 Å². The van der Waals surface area contributed by atoms with Crippen molar-refractivity contribution in [3.05, 3.63) is 23.8 Å². The molecule has 0 unspecified atom stereocenters. The third-order valence-electron chi connectivity index (χ3n) is 2.83. The Balaban J connectivity index is 2.54. The van der Waals surface area contributed by atoms with Crippen molar-refractivity contribution < 1.29 is 14.2 Å². The van der Waals surface area contributed by atoms with Gasteiger partial charge in [-0.15, -0.1) is 0 Å². The summed E-state index contributed by atoms with van der Waals surface area (Å²) >= 11 is 0. The molecule has 1 aromatic carbocycles.